The summed E-state index contributed by atoms with van der Waals surface area (Å²) in [6, 6.07) is 2.04. The molecule has 0 aliphatic carbocycles. The summed E-state index contributed by atoms with van der Waals surface area (Å²) in [5, 5.41) is 0.959. The lowest BCUT2D eigenvalue weighted by Gasteiger charge is -2.54. The van der Waals surface area contributed by atoms with Gasteiger partial charge in [0.25, 0.3) is 0 Å². The van der Waals surface area contributed by atoms with Gasteiger partial charge in [-0.15, -0.1) is 0 Å². The number of nitrogens with zero attached hydrogens (tertiary/aromatic N) is 5. The minimum absolute atomic E-state index is 0.205. The third-order valence-corrected chi connectivity index (χ3v) is 5.55. The monoisotopic (exact) mass is 381 g/mol. The molecule has 2 aliphatic heterocycles. The number of pyridine rings is 1. The fourth-order valence-corrected chi connectivity index (χ4v) is 4.03. The van der Waals surface area contributed by atoms with Crippen molar-refractivity contribution in [2.24, 2.45) is 5.41 Å². The maximum absolute atomic E-state index is 12.3. The molecule has 4 heterocycles. The second-order valence-corrected chi connectivity index (χ2v) is 8.86. The number of likely N-dealkylation sites (tertiary alicyclic amines) is 1. The van der Waals surface area contributed by atoms with Gasteiger partial charge in [0.05, 0.1) is 5.39 Å². The van der Waals surface area contributed by atoms with E-state index in [0.717, 1.165) is 55.8 Å². The van der Waals surface area contributed by atoms with Gasteiger partial charge >= 0.3 is 6.09 Å². The molecule has 0 saturated carbocycles. The molecule has 0 unspecified atom stereocenters. The summed E-state index contributed by atoms with van der Waals surface area (Å²) in [5.74, 6) is 0.932. The van der Waals surface area contributed by atoms with Crippen molar-refractivity contribution in [3.05, 3.63) is 30.7 Å². The van der Waals surface area contributed by atoms with E-state index in [0.29, 0.717) is 5.65 Å². The Morgan fingerprint density at radius 1 is 1.21 bits per heavy atom. The maximum Gasteiger partial charge on any atom is 0.410 e. The van der Waals surface area contributed by atoms with Crippen LogP contribution in [0.4, 0.5) is 10.6 Å². The summed E-state index contributed by atoms with van der Waals surface area (Å²) in [6.07, 6.45) is 6.91. The van der Waals surface area contributed by atoms with Crippen LogP contribution in [0.25, 0.3) is 17.1 Å². The fraction of sp³-hybridized carbons (Fsp3) is 0.524. The number of piperidine rings is 1. The number of aromatic nitrogens is 3. The van der Waals surface area contributed by atoms with E-state index in [2.05, 4.69) is 26.4 Å². The van der Waals surface area contributed by atoms with Crippen molar-refractivity contribution in [1.29, 1.82) is 0 Å². The van der Waals surface area contributed by atoms with Gasteiger partial charge < -0.3 is 14.5 Å². The zero-order valence-corrected chi connectivity index (χ0v) is 16.8. The molecule has 7 heteroatoms. The molecule has 2 aromatic heterocycles. The van der Waals surface area contributed by atoms with Gasteiger partial charge in [-0.1, -0.05) is 12.7 Å². The highest BCUT2D eigenvalue weighted by Crippen LogP contribution is 2.43. The Bertz CT molecular complexity index is 905. The first-order valence-electron chi connectivity index (χ1n) is 9.75. The van der Waals surface area contributed by atoms with Gasteiger partial charge in [-0.2, -0.15) is 0 Å². The lowest BCUT2D eigenvalue weighted by molar-refractivity contribution is 0.00593. The summed E-state index contributed by atoms with van der Waals surface area (Å²) >= 11 is 0. The van der Waals surface area contributed by atoms with Gasteiger partial charge in [-0.05, 0) is 45.2 Å². The smallest absolute Gasteiger partial charge is 0.410 e. The van der Waals surface area contributed by atoms with Crippen molar-refractivity contribution >= 4 is 29.0 Å². The second kappa shape index (κ2) is 6.72. The first-order valence-corrected chi connectivity index (χ1v) is 9.75. The Morgan fingerprint density at radius 3 is 2.57 bits per heavy atom. The quantitative estimate of drug-likeness (QED) is 0.793. The van der Waals surface area contributed by atoms with Gasteiger partial charge in [0.15, 0.2) is 5.65 Å². The summed E-state index contributed by atoms with van der Waals surface area (Å²) in [7, 11) is 0. The predicted octanol–water partition coefficient (Wildman–Crippen LogP) is 3.51. The number of carbonyl (C=O) groups is 1. The van der Waals surface area contributed by atoms with Crippen LogP contribution >= 0.6 is 0 Å². The molecule has 2 saturated heterocycles. The Labute approximate surface area is 165 Å². The van der Waals surface area contributed by atoms with Crippen LogP contribution in [0.3, 0.4) is 0 Å². The SMILES string of the molecule is C=Cc1cnc2ncnc(N3CC4(CCN(C(=O)OC(C)(C)C)CC4)C3)c2c1. The van der Waals surface area contributed by atoms with Gasteiger partial charge in [0.1, 0.15) is 17.7 Å². The van der Waals surface area contributed by atoms with E-state index in [9.17, 15) is 4.79 Å². The maximum atomic E-state index is 12.3. The van der Waals surface area contributed by atoms with Crippen molar-refractivity contribution in [1.82, 2.24) is 19.9 Å². The Kier molecular flexibility index (Phi) is 4.48. The number of ether oxygens (including phenoxy) is 1. The van der Waals surface area contributed by atoms with Crippen molar-refractivity contribution in [2.75, 3.05) is 31.1 Å². The molecule has 1 amide bonds. The number of carbonyl (C=O) groups excluding carboxylic acids is 1. The van der Waals surface area contributed by atoms with E-state index < -0.39 is 5.60 Å². The van der Waals surface area contributed by atoms with Crippen LogP contribution in [-0.4, -0.2) is 57.7 Å². The molecule has 148 valence electrons. The van der Waals surface area contributed by atoms with Crippen LogP contribution in [0.2, 0.25) is 0 Å². The van der Waals surface area contributed by atoms with E-state index in [-0.39, 0.29) is 11.5 Å². The van der Waals surface area contributed by atoms with E-state index in [1.54, 1.807) is 18.6 Å². The van der Waals surface area contributed by atoms with Crippen LogP contribution in [0, 0.1) is 5.41 Å². The van der Waals surface area contributed by atoms with Crippen LogP contribution in [0.15, 0.2) is 25.2 Å². The van der Waals surface area contributed by atoms with Gasteiger partial charge in [0, 0.05) is 37.8 Å². The molecule has 1 spiro atoms. The molecule has 7 nitrogen and oxygen atoms in total. The van der Waals surface area contributed by atoms with E-state index in [4.69, 9.17) is 4.74 Å². The summed E-state index contributed by atoms with van der Waals surface area (Å²) < 4.78 is 5.50. The average molecular weight is 381 g/mol. The largest absolute Gasteiger partial charge is 0.444 e. The second-order valence-electron chi connectivity index (χ2n) is 8.86. The summed E-state index contributed by atoms with van der Waals surface area (Å²) in [4.78, 5) is 29.6. The molecule has 0 aromatic carbocycles. The number of amides is 1. The fourth-order valence-electron chi connectivity index (χ4n) is 4.03. The van der Waals surface area contributed by atoms with Crippen LogP contribution in [-0.2, 0) is 4.74 Å². The third-order valence-electron chi connectivity index (χ3n) is 5.55. The predicted molar refractivity (Wildman–Crippen MR) is 109 cm³/mol. The Morgan fingerprint density at radius 2 is 1.93 bits per heavy atom. The highest BCUT2D eigenvalue weighted by molar-refractivity contribution is 5.88. The first kappa shape index (κ1) is 18.7. The van der Waals surface area contributed by atoms with E-state index >= 15 is 0 Å². The van der Waals surface area contributed by atoms with Crippen molar-refractivity contribution in [3.8, 4) is 0 Å². The number of anilines is 1. The zero-order valence-electron chi connectivity index (χ0n) is 16.8. The molecule has 0 radical (unpaired) electrons. The van der Waals surface area contributed by atoms with Gasteiger partial charge in [0.2, 0.25) is 0 Å². The van der Waals surface area contributed by atoms with Gasteiger partial charge in [-0.3, -0.25) is 0 Å². The van der Waals surface area contributed by atoms with Crippen LogP contribution < -0.4 is 4.90 Å². The lowest BCUT2D eigenvalue weighted by atomic mass is 9.72. The lowest BCUT2D eigenvalue weighted by Crippen LogP contribution is -2.61. The molecular formula is C21H27N5O2. The number of hydrogen-bond donors (Lipinski definition) is 0. The van der Waals surface area contributed by atoms with Gasteiger partial charge in [-0.25, -0.2) is 19.7 Å². The third kappa shape index (κ3) is 3.53. The van der Waals surface area contributed by atoms with Crippen molar-refractivity contribution < 1.29 is 9.53 Å². The Balaban J connectivity index is 1.42. The highest BCUT2D eigenvalue weighted by Gasteiger charge is 2.46. The van der Waals surface area contributed by atoms with Crippen LogP contribution in [0.1, 0.15) is 39.2 Å². The molecule has 0 N–H and O–H groups in total. The minimum Gasteiger partial charge on any atom is -0.444 e. The minimum atomic E-state index is -0.452. The molecule has 2 aliphatic rings. The standard InChI is InChI=1S/C21H27N5O2/c1-5-15-10-16-17(22-11-15)23-14-24-18(16)26-12-21(13-26)6-8-25(9-7-21)19(27)28-20(2,3)4/h5,10-11,14H,1,6-9,12-13H2,2-4H3. The molecule has 2 fully saturated rings. The molecule has 28 heavy (non-hydrogen) atoms. The molecular weight excluding hydrogens is 354 g/mol. The summed E-state index contributed by atoms with van der Waals surface area (Å²) in [5.41, 5.74) is 1.46. The van der Waals surface area contributed by atoms with Crippen LogP contribution in [0.5, 0.6) is 0 Å². The molecule has 0 bridgehead atoms. The number of fused-ring (bicyclic) bond motifs is 1. The topological polar surface area (TPSA) is 71.5 Å². The Hall–Kier alpha value is -2.70. The highest BCUT2D eigenvalue weighted by atomic mass is 16.6. The number of hydrogen-bond acceptors (Lipinski definition) is 6. The van der Waals surface area contributed by atoms with Crippen molar-refractivity contribution in [3.63, 3.8) is 0 Å². The summed E-state index contributed by atoms with van der Waals surface area (Å²) in [6.45, 7) is 12.9. The molecule has 4 rings (SSSR count). The molecule has 2 aromatic rings. The zero-order chi connectivity index (χ0) is 19.9. The van der Waals surface area contributed by atoms with Crippen molar-refractivity contribution in [2.45, 2.75) is 39.2 Å². The van der Waals surface area contributed by atoms with E-state index in [1.807, 2.05) is 31.7 Å². The van der Waals surface area contributed by atoms with E-state index in [1.165, 1.54) is 0 Å². The molecule has 0 atom stereocenters. The first-order chi connectivity index (χ1) is 13.3. The number of rotatable bonds is 2. The average Bonchev–Trinajstić information content (AvgIpc) is 2.64. The normalized spacial score (nSPS) is 18.8.